The molecule has 1 unspecified atom stereocenters. The summed E-state index contributed by atoms with van der Waals surface area (Å²) in [6, 6.07) is 4.01. The van der Waals surface area contributed by atoms with E-state index >= 15 is 0 Å². The molecule has 5 heteroatoms. The van der Waals surface area contributed by atoms with Crippen LogP contribution >= 0.6 is 15.9 Å². The number of carbonyl (C=O) groups is 1. The molecule has 1 rings (SSSR count). The second kappa shape index (κ2) is 5.96. The largest absolute Gasteiger partial charge is 0.491 e. The van der Waals surface area contributed by atoms with Crippen LogP contribution in [0.25, 0.3) is 0 Å². The maximum atomic E-state index is 13.3. The Kier molecular flexibility index (Phi) is 4.89. The zero-order valence-corrected chi connectivity index (χ0v) is 10.3. The molecule has 0 heterocycles. The van der Waals surface area contributed by atoms with Crippen molar-refractivity contribution in [1.82, 2.24) is 0 Å². The molecule has 0 saturated heterocycles. The van der Waals surface area contributed by atoms with E-state index in [1.807, 2.05) is 0 Å². The predicted molar refractivity (Wildman–Crippen MR) is 61.7 cm³/mol. The number of carbonyl (C=O) groups excluding carboxylic acids is 1. The van der Waals surface area contributed by atoms with E-state index in [4.69, 9.17) is 4.74 Å². The Hall–Kier alpha value is -0.940. The van der Waals surface area contributed by atoms with E-state index in [0.29, 0.717) is 11.1 Å². The van der Waals surface area contributed by atoms with Crippen LogP contribution in [0, 0.1) is 5.82 Å². The molecule has 0 radical (unpaired) electrons. The third kappa shape index (κ3) is 3.57. The third-order valence-corrected chi connectivity index (χ3v) is 2.69. The molecule has 1 aromatic carbocycles. The van der Waals surface area contributed by atoms with Gasteiger partial charge in [-0.05, 0) is 19.1 Å². The van der Waals surface area contributed by atoms with Gasteiger partial charge in [0.15, 0.2) is 5.78 Å². The molecular formula is C11H12BrFO3. The van der Waals surface area contributed by atoms with Crippen LogP contribution in [0.1, 0.15) is 17.3 Å². The summed E-state index contributed by atoms with van der Waals surface area (Å²) in [6.07, 6.45) is -0.643. The van der Waals surface area contributed by atoms with Crippen molar-refractivity contribution in [2.45, 2.75) is 13.0 Å². The molecule has 0 aromatic heterocycles. The van der Waals surface area contributed by atoms with Crippen molar-refractivity contribution in [3.8, 4) is 5.75 Å². The number of aliphatic hydroxyl groups excluding tert-OH is 1. The number of rotatable bonds is 5. The van der Waals surface area contributed by atoms with Gasteiger partial charge in [-0.2, -0.15) is 0 Å². The van der Waals surface area contributed by atoms with Gasteiger partial charge >= 0.3 is 0 Å². The Bertz CT molecular complexity index is 381. The molecule has 88 valence electrons. The summed E-state index contributed by atoms with van der Waals surface area (Å²) in [5.74, 6) is -0.648. The molecule has 0 aliphatic carbocycles. The Morgan fingerprint density at radius 2 is 2.31 bits per heavy atom. The summed E-state index contributed by atoms with van der Waals surface area (Å²) in [4.78, 5) is 11.0. The first-order valence-electron chi connectivity index (χ1n) is 4.72. The molecule has 3 nitrogen and oxygen atoms in total. The van der Waals surface area contributed by atoms with Crippen molar-refractivity contribution in [3.63, 3.8) is 0 Å². The van der Waals surface area contributed by atoms with E-state index in [-0.39, 0.29) is 18.0 Å². The lowest BCUT2D eigenvalue weighted by atomic mass is 10.1. The van der Waals surface area contributed by atoms with Gasteiger partial charge < -0.3 is 9.84 Å². The fourth-order valence-electron chi connectivity index (χ4n) is 1.11. The first kappa shape index (κ1) is 13.1. The summed E-state index contributed by atoms with van der Waals surface area (Å²) in [5, 5.41) is 9.60. The number of hydrogen-bond donors (Lipinski definition) is 1. The van der Waals surface area contributed by atoms with E-state index < -0.39 is 11.9 Å². The van der Waals surface area contributed by atoms with Crippen molar-refractivity contribution in [2.24, 2.45) is 0 Å². The highest BCUT2D eigenvalue weighted by atomic mass is 79.9. The number of alkyl halides is 1. The zero-order valence-electron chi connectivity index (χ0n) is 8.74. The van der Waals surface area contributed by atoms with E-state index in [1.165, 1.54) is 19.1 Å². The Morgan fingerprint density at radius 3 is 2.81 bits per heavy atom. The maximum Gasteiger partial charge on any atom is 0.162 e. The number of Topliss-reactive ketones (excluding diaryl/α,β-unsaturated/α-hetero) is 1. The van der Waals surface area contributed by atoms with Gasteiger partial charge in [-0.1, -0.05) is 15.9 Å². The molecular weight excluding hydrogens is 279 g/mol. The Labute approximate surface area is 101 Å². The highest BCUT2D eigenvalue weighted by molar-refractivity contribution is 9.09. The highest BCUT2D eigenvalue weighted by Gasteiger charge is 2.09. The van der Waals surface area contributed by atoms with Gasteiger partial charge in [-0.15, -0.1) is 0 Å². The van der Waals surface area contributed by atoms with Gasteiger partial charge in [-0.3, -0.25) is 4.79 Å². The molecule has 0 aliphatic rings. The Morgan fingerprint density at radius 1 is 1.62 bits per heavy atom. The minimum absolute atomic E-state index is 0.0355. The average molecular weight is 291 g/mol. The van der Waals surface area contributed by atoms with Crippen LogP contribution < -0.4 is 4.74 Å². The van der Waals surface area contributed by atoms with E-state index in [9.17, 15) is 14.3 Å². The van der Waals surface area contributed by atoms with Crippen LogP contribution in [0.5, 0.6) is 5.75 Å². The number of hydrogen-bond acceptors (Lipinski definition) is 3. The first-order valence-corrected chi connectivity index (χ1v) is 5.84. The summed E-state index contributed by atoms with van der Waals surface area (Å²) < 4.78 is 18.5. The van der Waals surface area contributed by atoms with Crippen molar-refractivity contribution in [3.05, 3.63) is 29.6 Å². The molecule has 0 fully saturated rings. The molecule has 0 aliphatic heterocycles. The van der Waals surface area contributed by atoms with Gasteiger partial charge in [0.05, 0.1) is 11.7 Å². The standard InChI is InChI=1S/C11H12BrFO3/c1-7(14)10-3-2-9(4-11(10)13)16-6-8(15)5-12/h2-4,8,15H,5-6H2,1H3. The van der Waals surface area contributed by atoms with Gasteiger partial charge in [0, 0.05) is 11.4 Å². The normalized spacial score (nSPS) is 12.2. The average Bonchev–Trinajstić information content (AvgIpc) is 2.25. The van der Waals surface area contributed by atoms with E-state index in [0.717, 1.165) is 6.07 Å². The highest BCUT2D eigenvalue weighted by Crippen LogP contribution is 2.17. The maximum absolute atomic E-state index is 13.3. The minimum Gasteiger partial charge on any atom is -0.491 e. The summed E-state index contributed by atoms with van der Waals surface area (Å²) in [5.41, 5.74) is 0.0355. The molecule has 1 atom stereocenters. The van der Waals surface area contributed by atoms with Crippen molar-refractivity contribution in [1.29, 1.82) is 0 Å². The second-order valence-electron chi connectivity index (χ2n) is 3.32. The van der Waals surface area contributed by atoms with Gasteiger partial charge in [0.2, 0.25) is 0 Å². The van der Waals surface area contributed by atoms with Gasteiger partial charge in [-0.25, -0.2) is 4.39 Å². The fraction of sp³-hybridized carbons (Fsp3) is 0.364. The molecule has 0 spiro atoms. The first-order chi connectivity index (χ1) is 7.54. The molecule has 0 bridgehead atoms. The van der Waals surface area contributed by atoms with Crippen molar-refractivity contribution >= 4 is 21.7 Å². The zero-order chi connectivity index (χ0) is 12.1. The van der Waals surface area contributed by atoms with Gasteiger partial charge in [0.25, 0.3) is 0 Å². The molecule has 0 amide bonds. The summed E-state index contributed by atoms with van der Waals surface area (Å²) >= 11 is 3.08. The SMILES string of the molecule is CC(=O)c1ccc(OCC(O)CBr)cc1F. The van der Waals surface area contributed by atoms with Crippen LogP contribution in [-0.4, -0.2) is 28.9 Å². The molecule has 16 heavy (non-hydrogen) atoms. The molecule has 1 N–H and O–H groups in total. The lowest BCUT2D eigenvalue weighted by Crippen LogP contribution is -2.18. The number of ketones is 1. The number of aliphatic hydroxyl groups is 1. The van der Waals surface area contributed by atoms with Crippen molar-refractivity contribution in [2.75, 3.05) is 11.9 Å². The minimum atomic E-state index is -0.643. The van der Waals surface area contributed by atoms with Crippen molar-refractivity contribution < 1.29 is 19.0 Å². The number of benzene rings is 1. The fourth-order valence-corrected chi connectivity index (χ4v) is 1.30. The molecule has 0 saturated carbocycles. The lowest BCUT2D eigenvalue weighted by Gasteiger charge is -2.10. The van der Waals surface area contributed by atoms with Crippen LogP contribution in [0.2, 0.25) is 0 Å². The van der Waals surface area contributed by atoms with Gasteiger partial charge in [0.1, 0.15) is 18.2 Å². The number of ether oxygens (including phenoxy) is 1. The van der Waals surface area contributed by atoms with Crippen LogP contribution in [-0.2, 0) is 0 Å². The van der Waals surface area contributed by atoms with Crippen LogP contribution in [0.15, 0.2) is 18.2 Å². The summed E-state index contributed by atoms with van der Waals surface area (Å²) in [6.45, 7) is 1.37. The van der Waals surface area contributed by atoms with E-state index in [1.54, 1.807) is 0 Å². The second-order valence-corrected chi connectivity index (χ2v) is 3.96. The van der Waals surface area contributed by atoms with Crippen LogP contribution in [0.3, 0.4) is 0 Å². The Balaban J connectivity index is 2.70. The quantitative estimate of drug-likeness (QED) is 0.668. The lowest BCUT2D eigenvalue weighted by molar-refractivity contribution is 0.101. The monoisotopic (exact) mass is 290 g/mol. The number of halogens is 2. The topological polar surface area (TPSA) is 46.5 Å². The molecule has 1 aromatic rings. The summed E-state index contributed by atoms with van der Waals surface area (Å²) in [7, 11) is 0. The smallest absolute Gasteiger partial charge is 0.162 e. The van der Waals surface area contributed by atoms with Crippen LogP contribution in [0.4, 0.5) is 4.39 Å². The predicted octanol–water partition coefficient (Wildman–Crippen LogP) is 2.16. The third-order valence-electron chi connectivity index (χ3n) is 1.94. The van der Waals surface area contributed by atoms with E-state index in [2.05, 4.69) is 15.9 Å².